The van der Waals surface area contributed by atoms with Crippen LogP contribution in [0.2, 0.25) is 0 Å². The summed E-state index contributed by atoms with van der Waals surface area (Å²) in [7, 11) is 9.31. The van der Waals surface area contributed by atoms with Gasteiger partial charge in [-0.1, -0.05) is 24.8 Å². The molecule has 11 nitrogen and oxygen atoms in total. The number of anilines is 4. The fourth-order valence-electron chi connectivity index (χ4n) is 4.81. The Kier molecular flexibility index (Phi) is 7.35. The molecule has 0 unspecified atom stereocenters. The van der Waals surface area contributed by atoms with E-state index in [1.54, 1.807) is 48.6 Å². The average Bonchev–Trinajstić information content (AvgIpc) is 3.64. The number of hydrogen-bond acceptors (Lipinski definition) is 8. The van der Waals surface area contributed by atoms with Gasteiger partial charge in [-0.05, 0) is 32.3 Å². The van der Waals surface area contributed by atoms with Gasteiger partial charge in [-0.3, -0.25) is 9.48 Å². The number of aryl methyl sites for hydroxylation is 2. The van der Waals surface area contributed by atoms with E-state index in [0.29, 0.717) is 46.0 Å². The number of ether oxygens (including phenoxy) is 1. The fourth-order valence-corrected chi connectivity index (χ4v) is 4.81. The van der Waals surface area contributed by atoms with Crippen LogP contribution >= 0.6 is 0 Å². The van der Waals surface area contributed by atoms with Crippen molar-refractivity contribution in [3.05, 3.63) is 73.8 Å². The summed E-state index contributed by atoms with van der Waals surface area (Å²) in [6.07, 6.45) is 8.05. The molecule has 0 fully saturated rings. The molecule has 0 atom stereocenters. The first-order valence-corrected chi connectivity index (χ1v) is 13.6. The summed E-state index contributed by atoms with van der Waals surface area (Å²) < 4.78 is 33.2. The molecule has 0 spiro atoms. The van der Waals surface area contributed by atoms with Crippen molar-refractivity contribution >= 4 is 39.8 Å². The second kappa shape index (κ2) is 12.4. The van der Waals surface area contributed by atoms with Crippen molar-refractivity contribution in [1.82, 2.24) is 29.2 Å². The van der Waals surface area contributed by atoms with Crippen LogP contribution in [0.5, 0.6) is 5.75 Å². The van der Waals surface area contributed by atoms with Gasteiger partial charge in [0, 0.05) is 90.5 Å². The molecule has 0 bridgehead atoms. The Hall–Kier alpha value is -5.16. The van der Waals surface area contributed by atoms with Crippen LogP contribution in [0.25, 0.3) is 33.3 Å². The zero-order valence-corrected chi connectivity index (χ0v) is 24.9. The number of rotatable bonds is 11. The summed E-state index contributed by atoms with van der Waals surface area (Å²) in [5.74, 6) is 0.383. The van der Waals surface area contributed by atoms with E-state index in [4.69, 9.17) is 13.8 Å². The summed E-state index contributed by atoms with van der Waals surface area (Å²) >= 11 is 0. The van der Waals surface area contributed by atoms with E-state index >= 15 is 0 Å². The molecule has 2 aromatic carbocycles. The van der Waals surface area contributed by atoms with Crippen LogP contribution in [0.4, 0.5) is 23.0 Å². The number of carbonyl (C=O) groups excluding carboxylic acids is 1. The van der Waals surface area contributed by atoms with Gasteiger partial charge >= 0.3 is 0 Å². The molecule has 1 amide bonds. The van der Waals surface area contributed by atoms with Gasteiger partial charge in [-0.15, -0.1) is 0 Å². The van der Waals surface area contributed by atoms with E-state index in [-0.39, 0.29) is 11.9 Å². The van der Waals surface area contributed by atoms with Crippen LogP contribution in [-0.4, -0.2) is 76.5 Å². The number of hydrogen-bond donors (Lipinski definition) is 2. The SMILES string of the molecule is [2H]C([2H])([2H])n1cc(-c2nc(Nc3cc(NC(=O)C=C)c(N(C)CCN(C)C)cc3OC)ncc2-c2cnn(C)c2)c2ccccc21. The lowest BCUT2D eigenvalue weighted by atomic mass is 10.0. The molecular weight excluding hydrogens is 542 g/mol. The van der Waals surface area contributed by atoms with Crippen molar-refractivity contribution in [2.75, 3.05) is 56.9 Å². The molecule has 0 saturated heterocycles. The molecule has 43 heavy (non-hydrogen) atoms. The molecule has 2 N–H and O–H groups in total. The summed E-state index contributed by atoms with van der Waals surface area (Å²) in [6.45, 7) is 2.69. The predicted molar refractivity (Wildman–Crippen MR) is 173 cm³/mol. The van der Waals surface area contributed by atoms with Gasteiger partial charge in [0.2, 0.25) is 11.9 Å². The highest BCUT2D eigenvalue weighted by Crippen LogP contribution is 2.40. The van der Waals surface area contributed by atoms with Gasteiger partial charge < -0.3 is 29.7 Å². The van der Waals surface area contributed by atoms with Gasteiger partial charge in [0.25, 0.3) is 0 Å². The van der Waals surface area contributed by atoms with Crippen LogP contribution in [0.1, 0.15) is 4.11 Å². The summed E-state index contributed by atoms with van der Waals surface area (Å²) in [4.78, 5) is 26.1. The van der Waals surface area contributed by atoms with Gasteiger partial charge in [-0.2, -0.15) is 5.10 Å². The van der Waals surface area contributed by atoms with Crippen LogP contribution < -0.4 is 20.3 Å². The maximum atomic E-state index is 12.4. The smallest absolute Gasteiger partial charge is 0.247 e. The number of carbonyl (C=O) groups is 1. The Labute approximate surface area is 255 Å². The average molecular weight is 583 g/mol. The molecular formula is C32H37N9O2. The summed E-state index contributed by atoms with van der Waals surface area (Å²) in [6, 6.07) is 10.9. The number of methoxy groups -OCH3 is 1. The quantitative estimate of drug-likeness (QED) is 0.212. The first-order valence-electron chi connectivity index (χ1n) is 15.1. The molecule has 3 aromatic heterocycles. The van der Waals surface area contributed by atoms with E-state index in [0.717, 1.165) is 23.2 Å². The van der Waals surface area contributed by atoms with Gasteiger partial charge in [-0.25, -0.2) is 9.97 Å². The number of nitrogens with zero attached hydrogens (tertiary/aromatic N) is 7. The van der Waals surface area contributed by atoms with Crippen molar-refractivity contribution in [3.8, 4) is 28.1 Å². The van der Waals surface area contributed by atoms with Crippen LogP contribution in [0.3, 0.4) is 0 Å². The van der Waals surface area contributed by atoms with Crippen LogP contribution in [-0.2, 0) is 18.8 Å². The number of nitrogens with one attached hydrogen (secondary N) is 2. The number of para-hydroxylation sites is 1. The second-order valence-corrected chi connectivity index (χ2v) is 10.4. The Morgan fingerprint density at radius 1 is 1.12 bits per heavy atom. The first kappa shape index (κ1) is 25.5. The van der Waals surface area contributed by atoms with Crippen molar-refractivity contribution in [2.45, 2.75) is 0 Å². The van der Waals surface area contributed by atoms with Crippen molar-refractivity contribution < 1.29 is 13.6 Å². The topological polar surface area (TPSA) is 105 Å². The Morgan fingerprint density at radius 3 is 2.63 bits per heavy atom. The molecule has 0 aliphatic carbocycles. The first-order chi connectivity index (χ1) is 21.9. The van der Waals surface area contributed by atoms with E-state index in [2.05, 4.69) is 32.2 Å². The lowest BCUT2D eigenvalue weighted by molar-refractivity contribution is -0.111. The summed E-state index contributed by atoms with van der Waals surface area (Å²) in [5, 5.41) is 11.2. The lowest BCUT2D eigenvalue weighted by Crippen LogP contribution is -2.29. The number of benzene rings is 2. The van der Waals surface area contributed by atoms with Crippen LogP contribution in [0.15, 0.2) is 73.8 Å². The lowest BCUT2D eigenvalue weighted by Gasteiger charge is -2.26. The minimum atomic E-state index is -2.40. The number of fused-ring (bicyclic) bond motifs is 1. The standard InChI is InChI=1S/C32H37N9O2/c1-8-30(42)35-25-15-26(29(43-7)16-28(25)39(4)14-13-38(2)3)36-32-33-18-23(21-17-34-41(6)19-21)31(37-32)24-20-40(5)27-12-10-9-11-22(24)27/h8-12,15-20H,1,13-14H2,2-7H3,(H,35,42)(H,33,36,37)/i5D3. The number of aromatic nitrogens is 5. The van der Waals surface area contributed by atoms with E-state index in [1.165, 1.54) is 10.6 Å². The number of likely N-dealkylation sites (N-methyl/N-ethyl adjacent to an activating group) is 2. The maximum Gasteiger partial charge on any atom is 0.247 e. The van der Waals surface area contributed by atoms with Gasteiger partial charge in [0.05, 0.1) is 36.1 Å². The highest BCUT2D eigenvalue weighted by molar-refractivity contribution is 6.02. The molecule has 11 heteroatoms. The third kappa shape index (κ3) is 6.21. The molecule has 5 rings (SSSR count). The molecule has 5 aromatic rings. The molecule has 222 valence electrons. The van der Waals surface area contributed by atoms with E-state index < -0.39 is 6.98 Å². The molecule has 0 radical (unpaired) electrons. The molecule has 0 saturated carbocycles. The van der Waals surface area contributed by atoms with Crippen molar-refractivity contribution in [1.29, 1.82) is 0 Å². The highest BCUT2D eigenvalue weighted by Gasteiger charge is 2.20. The van der Waals surface area contributed by atoms with Gasteiger partial charge in [0.1, 0.15) is 5.75 Å². The Balaban J connectivity index is 1.64. The fraction of sp³-hybridized carbons (Fsp3) is 0.250. The van der Waals surface area contributed by atoms with Crippen molar-refractivity contribution in [2.24, 2.45) is 14.0 Å². The van der Waals surface area contributed by atoms with E-state index in [1.807, 2.05) is 57.5 Å². The predicted octanol–water partition coefficient (Wildman–Crippen LogP) is 4.91. The highest BCUT2D eigenvalue weighted by atomic mass is 16.5. The normalized spacial score (nSPS) is 12.5. The third-order valence-electron chi connectivity index (χ3n) is 7.07. The summed E-state index contributed by atoms with van der Waals surface area (Å²) in [5.41, 5.74) is 4.96. The molecule has 3 heterocycles. The second-order valence-electron chi connectivity index (χ2n) is 10.4. The monoisotopic (exact) mass is 582 g/mol. The zero-order valence-electron chi connectivity index (χ0n) is 27.9. The van der Waals surface area contributed by atoms with Gasteiger partial charge in [0.15, 0.2) is 0 Å². The van der Waals surface area contributed by atoms with Crippen LogP contribution in [0, 0.1) is 0 Å². The largest absolute Gasteiger partial charge is 0.494 e. The Bertz CT molecular complexity index is 1900. The third-order valence-corrected chi connectivity index (χ3v) is 7.07. The zero-order chi connectivity index (χ0) is 33.2. The Morgan fingerprint density at radius 2 is 1.93 bits per heavy atom. The van der Waals surface area contributed by atoms with E-state index in [9.17, 15) is 4.79 Å². The van der Waals surface area contributed by atoms with Crippen molar-refractivity contribution in [3.63, 3.8) is 0 Å². The minimum Gasteiger partial charge on any atom is -0.494 e. The maximum absolute atomic E-state index is 12.4. The molecule has 0 aliphatic heterocycles. The molecule has 0 aliphatic rings. The minimum absolute atomic E-state index is 0.237. The number of amides is 1.